The maximum Gasteiger partial charge on any atom is 0.420 e. The summed E-state index contributed by atoms with van der Waals surface area (Å²) < 4.78 is 11.4. The van der Waals surface area contributed by atoms with Crippen LogP contribution in [0.25, 0.3) is 22.2 Å². The Hall–Kier alpha value is -3.21. The summed E-state index contributed by atoms with van der Waals surface area (Å²) in [7, 11) is 3.23. The van der Waals surface area contributed by atoms with Gasteiger partial charge in [-0.25, -0.2) is 24.1 Å². The van der Waals surface area contributed by atoms with Crippen molar-refractivity contribution in [3.63, 3.8) is 0 Å². The molecule has 31 heavy (non-hydrogen) atoms. The van der Waals surface area contributed by atoms with Crippen LogP contribution in [0, 0.1) is 0 Å². The quantitative estimate of drug-likeness (QED) is 0.428. The zero-order chi connectivity index (χ0) is 22.7. The minimum Gasteiger partial charge on any atom is -0.443 e. The summed E-state index contributed by atoms with van der Waals surface area (Å²) in [5.74, 6) is 0. The highest BCUT2D eigenvalue weighted by Gasteiger charge is 2.27. The van der Waals surface area contributed by atoms with Gasteiger partial charge in [-0.15, -0.1) is 0 Å². The Morgan fingerprint density at radius 3 is 2.55 bits per heavy atom. The molecule has 4 aromatic heterocycles. The molecule has 0 unspecified atom stereocenters. The Morgan fingerprint density at radius 2 is 1.87 bits per heavy atom. The molecule has 10 nitrogen and oxygen atoms in total. The number of hydrogen-bond donors (Lipinski definition) is 0. The van der Waals surface area contributed by atoms with Crippen LogP contribution in [0.5, 0.6) is 0 Å². The van der Waals surface area contributed by atoms with Crippen LogP contribution in [0.15, 0.2) is 38.7 Å². The van der Waals surface area contributed by atoms with E-state index in [1.54, 1.807) is 57.8 Å². The number of rotatable bonds is 2. The van der Waals surface area contributed by atoms with Crippen molar-refractivity contribution in [2.75, 3.05) is 0 Å². The molecule has 0 aliphatic carbocycles. The number of halogens is 1. The molecule has 0 atom stereocenters. The topological polar surface area (TPSA) is 106 Å². The molecule has 0 radical (unpaired) electrons. The normalized spacial score (nSPS) is 12.1. The zero-order valence-corrected chi connectivity index (χ0v) is 19.3. The second kappa shape index (κ2) is 7.19. The van der Waals surface area contributed by atoms with Crippen molar-refractivity contribution in [1.29, 1.82) is 0 Å². The predicted octanol–water partition coefficient (Wildman–Crippen LogP) is 2.38. The second-order valence-corrected chi connectivity index (χ2v) is 9.00. The Kier molecular flexibility index (Phi) is 4.88. The van der Waals surface area contributed by atoms with E-state index in [1.165, 1.54) is 15.5 Å². The number of pyridine rings is 1. The first-order chi connectivity index (χ1) is 14.5. The molecule has 0 bridgehead atoms. The molecule has 162 valence electrons. The third-order valence-corrected chi connectivity index (χ3v) is 5.73. The summed E-state index contributed by atoms with van der Waals surface area (Å²) in [5, 5.41) is 0.662. The smallest absolute Gasteiger partial charge is 0.420 e. The number of imidazole rings is 1. The SMILES string of the molecule is Cn1cnc2c1c(=O)n(Cc1c(Br)c3cccnc3n1C(=O)OC(C)(C)C)c(=O)n2C. The average Bonchev–Trinajstić information content (AvgIpc) is 3.21. The lowest BCUT2D eigenvalue weighted by molar-refractivity contribution is 0.0538. The maximum absolute atomic E-state index is 13.2. The molecule has 0 saturated heterocycles. The number of aromatic nitrogens is 6. The number of carbonyl (C=O) groups is 1. The summed E-state index contributed by atoms with van der Waals surface area (Å²) in [6.07, 6.45) is 2.39. The van der Waals surface area contributed by atoms with Gasteiger partial charge in [-0.2, -0.15) is 0 Å². The fourth-order valence-corrected chi connectivity index (χ4v) is 4.07. The van der Waals surface area contributed by atoms with Crippen LogP contribution in [0.1, 0.15) is 26.5 Å². The first-order valence-electron chi connectivity index (χ1n) is 9.49. The molecule has 0 N–H and O–H groups in total. The molecular weight excluding hydrogens is 468 g/mol. The Balaban J connectivity index is 1.98. The number of nitrogens with zero attached hydrogens (tertiary/aromatic N) is 6. The predicted molar refractivity (Wildman–Crippen MR) is 118 cm³/mol. The lowest BCUT2D eigenvalue weighted by atomic mass is 10.2. The van der Waals surface area contributed by atoms with Crippen LogP contribution >= 0.6 is 15.9 Å². The molecule has 0 spiro atoms. The molecule has 11 heteroatoms. The number of hydrogen-bond acceptors (Lipinski definition) is 6. The van der Waals surface area contributed by atoms with Gasteiger partial charge in [0.25, 0.3) is 5.56 Å². The molecule has 0 saturated carbocycles. The van der Waals surface area contributed by atoms with E-state index in [1.807, 2.05) is 0 Å². The standard InChI is InChI=1S/C20H21BrN6O4/c1-20(2,3)31-19(30)27-12(13(21)11-7-6-8-22-15(11)27)9-26-17(28)14-16(23-10-24(14)4)25(5)18(26)29/h6-8,10H,9H2,1-5H3. The van der Waals surface area contributed by atoms with E-state index in [0.29, 0.717) is 26.8 Å². The molecule has 0 amide bonds. The summed E-state index contributed by atoms with van der Waals surface area (Å²) in [6.45, 7) is 5.11. The van der Waals surface area contributed by atoms with Gasteiger partial charge in [-0.05, 0) is 48.8 Å². The van der Waals surface area contributed by atoms with Crippen LogP contribution < -0.4 is 11.2 Å². The second-order valence-electron chi connectivity index (χ2n) is 8.21. The Bertz CT molecular complexity index is 1470. The van der Waals surface area contributed by atoms with E-state index in [0.717, 1.165) is 4.57 Å². The van der Waals surface area contributed by atoms with E-state index in [9.17, 15) is 14.4 Å². The van der Waals surface area contributed by atoms with Gasteiger partial charge < -0.3 is 9.30 Å². The maximum atomic E-state index is 13.2. The van der Waals surface area contributed by atoms with E-state index in [4.69, 9.17) is 4.74 Å². The van der Waals surface area contributed by atoms with Gasteiger partial charge in [-0.3, -0.25) is 13.9 Å². The fourth-order valence-electron chi connectivity index (χ4n) is 3.46. The fraction of sp³-hybridized carbons (Fsp3) is 0.350. The van der Waals surface area contributed by atoms with Gasteiger partial charge in [0, 0.05) is 25.7 Å². The monoisotopic (exact) mass is 488 g/mol. The lowest BCUT2D eigenvalue weighted by Crippen LogP contribution is -2.40. The van der Waals surface area contributed by atoms with E-state index >= 15 is 0 Å². The van der Waals surface area contributed by atoms with Gasteiger partial charge in [0.05, 0.1) is 23.0 Å². The lowest BCUT2D eigenvalue weighted by Gasteiger charge is -2.21. The summed E-state index contributed by atoms with van der Waals surface area (Å²) >= 11 is 3.52. The van der Waals surface area contributed by atoms with E-state index in [-0.39, 0.29) is 12.1 Å². The molecule has 0 fully saturated rings. The number of fused-ring (bicyclic) bond motifs is 2. The molecule has 4 heterocycles. The van der Waals surface area contributed by atoms with E-state index < -0.39 is 22.9 Å². The van der Waals surface area contributed by atoms with Gasteiger partial charge >= 0.3 is 11.8 Å². The van der Waals surface area contributed by atoms with Crippen LogP contribution in [-0.2, 0) is 25.4 Å². The Labute approximate surface area is 184 Å². The Morgan fingerprint density at radius 1 is 1.16 bits per heavy atom. The number of aryl methyl sites for hydroxylation is 2. The third-order valence-electron chi connectivity index (χ3n) is 4.84. The van der Waals surface area contributed by atoms with Crippen molar-refractivity contribution in [2.45, 2.75) is 32.9 Å². The van der Waals surface area contributed by atoms with Crippen LogP contribution in [0.3, 0.4) is 0 Å². The van der Waals surface area contributed by atoms with Crippen molar-refractivity contribution in [2.24, 2.45) is 14.1 Å². The van der Waals surface area contributed by atoms with Crippen LogP contribution in [-0.4, -0.2) is 39.9 Å². The van der Waals surface area contributed by atoms with Crippen molar-refractivity contribution in [3.05, 3.63) is 55.7 Å². The minimum absolute atomic E-state index is 0.164. The van der Waals surface area contributed by atoms with Crippen molar-refractivity contribution in [3.8, 4) is 0 Å². The molecule has 0 aromatic carbocycles. The largest absolute Gasteiger partial charge is 0.443 e. The average molecular weight is 489 g/mol. The van der Waals surface area contributed by atoms with Crippen LogP contribution in [0.2, 0.25) is 0 Å². The minimum atomic E-state index is -0.743. The van der Waals surface area contributed by atoms with Gasteiger partial charge in [-0.1, -0.05) is 0 Å². The number of carbonyl (C=O) groups excluding carboxylic acids is 1. The number of ether oxygens (including phenoxy) is 1. The van der Waals surface area contributed by atoms with Crippen molar-refractivity contribution < 1.29 is 9.53 Å². The highest BCUT2D eigenvalue weighted by Crippen LogP contribution is 2.31. The first kappa shape index (κ1) is 21.0. The van der Waals surface area contributed by atoms with Gasteiger partial charge in [0.2, 0.25) is 0 Å². The summed E-state index contributed by atoms with van der Waals surface area (Å²) in [4.78, 5) is 47.6. The zero-order valence-electron chi connectivity index (χ0n) is 17.7. The van der Waals surface area contributed by atoms with Gasteiger partial charge in [0.15, 0.2) is 16.8 Å². The molecular formula is C20H21BrN6O4. The molecule has 0 aliphatic rings. The van der Waals surface area contributed by atoms with E-state index in [2.05, 4.69) is 25.9 Å². The van der Waals surface area contributed by atoms with Crippen molar-refractivity contribution in [1.82, 2.24) is 28.2 Å². The molecule has 4 aromatic rings. The van der Waals surface area contributed by atoms with Crippen LogP contribution in [0.4, 0.5) is 4.79 Å². The summed E-state index contributed by atoms with van der Waals surface area (Å²) in [6, 6.07) is 3.53. The molecule has 4 rings (SSSR count). The van der Waals surface area contributed by atoms with Gasteiger partial charge in [0.1, 0.15) is 5.60 Å². The highest BCUT2D eigenvalue weighted by atomic mass is 79.9. The van der Waals surface area contributed by atoms with Crippen molar-refractivity contribution >= 4 is 44.2 Å². The summed E-state index contributed by atoms with van der Waals surface area (Å²) in [5.41, 5.74) is -0.462. The first-order valence-corrected chi connectivity index (χ1v) is 10.3. The third kappa shape index (κ3) is 3.38. The molecule has 0 aliphatic heterocycles. The highest BCUT2D eigenvalue weighted by molar-refractivity contribution is 9.10.